The number of fused-ring (bicyclic) bond motifs is 1. The molecule has 0 spiro atoms. The molecule has 1 aromatic carbocycles. The molecule has 0 atom stereocenters. The summed E-state index contributed by atoms with van der Waals surface area (Å²) in [6.45, 7) is 3.18. The maximum atomic E-state index is 13.0. The number of nitrogens with zero attached hydrogens (tertiary/aromatic N) is 4. The molecule has 0 unspecified atom stereocenters. The van der Waals surface area contributed by atoms with Crippen molar-refractivity contribution in [3.05, 3.63) is 64.5 Å². The number of nitro benzene ring substituents is 1. The lowest BCUT2D eigenvalue weighted by atomic mass is 10.1. The van der Waals surface area contributed by atoms with Gasteiger partial charge in [-0.15, -0.1) is 0 Å². The molecule has 3 heterocycles. The Morgan fingerprint density at radius 1 is 1.26 bits per heavy atom. The fourth-order valence-corrected chi connectivity index (χ4v) is 3.41. The van der Waals surface area contributed by atoms with Crippen LogP contribution in [-0.2, 0) is 9.53 Å². The smallest absolute Gasteiger partial charge is 0.339 e. The summed E-state index contributed by atoms with van der Waals surface area (Å²) in [6, 6.07) is 8.85. The molecule has 0 saturated carbocycles. The van der Waals surface area contributed by atoms with Gasteiger partial charge in [-0.2, -0.15) is 5.10 Å². The van der Waals surface area contributed by atoms with Crippen LogP contribution in [0.3, 0.4) is 0 Å². The number of nitro groups is 1. The van der Waals surface area contributed by atoms with Gasteiger partial charge < -0.3 is 19.2 Å². The van der Waals surface area contributed by atoms with Gasteiger partial charge >= 0.3 is 5.97 Å². The van der Waals surface area contributed by atoms with Crippen LogP contribution < -0.4 is 10.1 Å². The van der Waals surface area contributed by atoms with Gasteiger partial charge in [0.2, 0.25) is 0 Å². The average molecular weight is 479 g/mol. The predicted octanol–water partition coefficient (Wildman–Crippen LogP) is 3.98. The van der Waals surface area contributed by atoms with Crippen molar-refractivity contribution in [1.82, 2.24) is 14.8 Å². The van der Waals surface area contributed by atoms with E-state index in [1.807, 2.05) is 13.8 Å². The molecule has 0 radical (unpaired) electrons. The molecule has 12 nitrogen and oxygen atoms in total. The van der Waals surface area contributed by atoms with Gasteiger partial charge in [0.25, 0.3) is 11.6 Å². The SMILES string of the molecule is COc1ccc(NC(=O)COC(=O)c2cc(-c3ccco3)nc3c2cnn3C(C)C)c([N+](=O)[O-])c1. The molecule has 0 aliphatic heterocycles. The number of hydrogen-bond donors (Lipinski definition) is 1. The number of anilines is 1. The lowest BCUT2D eigenvalue weighted by molar-refractivity contribution is -0.384. The molecule has 1 amide bonds. The van der Waals surface area contributed by atoms with Crippen LogP contribution in [0, 0.1) is 10.1 Å². The highest BCUT2D eigenvalue weighted by atomic mass is 16.6. The van der Waals surface area contributed by atoms with E-state index in [1.165, 1.54) is 43.8 Å². The summed E-state index contributed by atoms with van der Waals surface area (Å²) in [7, 11) is 1.37. The lowest BCUT2D eigenvalue weighted by Gasteiger charge is -2.10. The van der Waals surface area contributed by atoms with Gasteiger partial charge in [0, 0.05) is 6.04 Å². The monoisotopic (exact) mass is 479 g/mol. The number of benzene rings is 1. The second kappa shape index (κ2) is 9.63. The third-order valence-corrected chi connectivity index (χ3v) is 5.06. The molecule has 0 aliphatic carbocycles. The second-order valence-electron chi connectivity index (χ2n) is 7.72. The van der Waals surface area contributed by atoms with Gasteiger partial charge in [0.05, 0.1) is 41.5 Å². The third-order valence-electron chi connectivity index (χ3n) is 5.06. The van der Waals surface area contributed by atoms with Crippen LogP contribution in [-0.4, -0.2) is 45.3 Å². The Labute approximate surface area is 198 Å². The molecule has 12 heteroatoms. The maximum absolute atomic E-state index is 13.0. The van der Waals surface area contributed by atoms with Crippen LogP contribution in [0.25, 0.3) is 22.5 Å². The van der Waals surface area contributed by atoms with Crippen molar-refractivity contribution in [2.24, 2.45) is 0 Å². The van der Waals surface area contributed by atoms with E-state index in [1.54, 1.807) is 16.8 Å². The highest BCUT2D eigenvalue weighted by Crippen LogP contribution is 2.29. The Bertz CT molecular complexity index is 1410. The minimum Gasteiger partial charge on any atom is -0.496 e. The number of ether oxygens (including phenoxy) is 2. The molecule has 3 aromatic heterocycles. The number of methoxy groups -OCH3 is 1. The summed E-state index contributed by atoms with van der Waals surface area (Å²) in [6.07, 6.45) is 2.99. The topological polar surface area (TPSA) is 152 Å². The van der Waals surface area contributed by atoms with E-state index in [4.69, 9.17) is 13.9 Å². The largest absolute Gasteiger partial charge is 0.496 e. The molecule has 35 heavy (non-hydrogen) atoms. The van der Waals surface area contributed by atoms with E-state index >= 15 is 0 Å². The van der Waals surface area contributed by atoms with Crippen molar-refractivity contribution in [3.8, 4) is 17.2 Å². The molecule has 0 aliphatic rings. The first-order valence-electron chi connectivity index (χ1n) is 10.5. The van der Waals surface area contributed by atoms with Gasteiger partial charge in [0.15, 0.2) is 18.0 Å². The summed E-state index contributed by atoms with van der Waals surface area (Å²) >= 11 is 0. The van der Waals surface area contributed by atoms with E-state index in [9.17, 15) is 19.7 Å². The number of rotatable bonds is 8. The van der Waals surface area contributed by atoms with Crippen LogP contribution in [0.4, 0.5) is 11.4 Å². The van der Waals surface area contributed by atoms with Crippen molar-refractivity contribution in [2.75, 3.05) is 19.0 Å². The molecule has 1 N–H and O–H groups in total. The summed E-state index contributed by atoms with van der Waals surface area (Å²) < 4.78 is 17.3. The van der Waals surface area contributed by atoms with Crippen molar-refractivity contribution in [3.63, 3.8) is 0 Å². The number of carbonyl (C=O) groups is 2. The molecule has 180 valence electrons. The Morgan fingerprint density at radius 3 is 2.71 bits per heavy atom. The number of pyridine rings is 1. The fraction of sp³-hybridized carbons (Fsp3) is 0.217. The first-order chi connectivity index (χ1) is 16.8. The van der Waals surface area contributed by atoms with Gasteiger partial charge in [-0.1, -0.05) is 0 Å². The van der Waals surface area contributed by atoms with E-state index in [0.29, 0.717) is 22.5 Å². The Balaban J connectivity index is 1.56. The quantitative estimate of drug-likeness (QED) is 0.225. The van der Waals surface area contributed by atoms with Crippen molar-refractivity contribution >= 4 is 34.3 Å². The minimum atomic E-state index is -0.784. The normalized spacial score (nSPS) is 11.0. The highest BCUT2D eigenvalue weighted by Gasteiger charge is 2.22. The summed E-state index contributed by atoms with van der Waals surface area (Å²) in [5.74, 6) is -0.826. The summed E-state index contributed by atoms with van der Waals surface area (Å²) in [5, 5.41) is 18.5. The molecule has 4 aromatic rings. The Kier molecular flexibility index (Phi) is 6.44. The van der Waals surface area contributed by atoms with Crippen molar-refractivity contribution < 1.29 is 28.4 Å². The standard InChI is InChI=1S/C23H21N5O7/c1-13(2)27-22-16(11-24-27)15(10-18(26-22)20-5-4-8-34-20)23(30)35-12-21(29)25-17-7-6-14(33-3)9-19(17)28(31)32/h4-11,13H,12H2,1-3H3,(H,25,29). The number of esters is 1. The number of nitrogens with one attached hydrogen (secondary N) is 1. The minimum absolute atomic E-state index is 0.0261. The first kappa shape index (κ1) is 23.4. The Hall–Kier alpha value is -4.74. The van der Waals surface area contributed by atoms with Crippen molar-refractivity contribution in [2.45, 2.75) is 19.9 Å². The second-order valence-corrected chi connectivity index (χ2v) is 7.72. The fourth-order valence-electron chi connectivity index (χ4n) is 3.41. The first-order valence-corrected chi connectivity index (χ1v) is 10.5. The van der Waals surface area contributed by atoms with Crippen LogP contribution in [0.2, 0.25) is 0 Å². The van der Waals surface area contributed by atoms with Gasteiger partial charge in [0.1, 0.15) is 17.1 Å². The number of carbonyl (C=O) groups excluding carboxylic acids is 2. The molecule has 0 bridgehead atoms. The highest BCUT2D eigenvalue weighted by molar-refractivity contribution is 6.05. The van der Waals surface area contributed by atoms with Crippen LogP contribution in [0.15, 0.2) is 53.3 Å². The molecule has 4 rings (SSSR count). The molecular weight excluding hydrogens is 458 g/mol. The van der Waals surface area contributed by atoms with Gasteiger partial charge in [-0.05, 0) is 44.2 Å². The van der Waals surface area contributed by atoms with E-state index < -0.39 is 23.4 Å². The average Bonchev–Trinajstić information content (AvgIpc) is 3.52. The van der Waals surface area contributed by atoms with E-state index in [0.717, 1.165) is 0 Å². The predicted molar refractivity (Wildman–Crippen MR) is 124 cm³/mol. The van der Waals surface area contributed by atoms with Crippen molar-refractivity contribution in [1.29, 1.82) is 0 Å². The Morgan fingerprint density at radius 2 is 2.06 bits per heavy atom. The number of hydrogen-bond acceptors (Lipinski definition) is 9. The van der Waals surface area contributed by atoms with Crippen LogP contribution >= 0.6 is 0 Å². The number of aromatic nitrogens is 3. The molecule has 0 fully saturated rings. The maximum Gasteiger partial charge on any atom is 0.339 e. The van der Waals surface area contributed by atoms with Crippen LogP contribution in [0.5, 0.6) is 5.75 Å². The zero-order valence-electron chi connectivity index (χ0n) is 19.0. The molecular formula is C23H21N5O7. The van der Waals surface area contributed by atoms with E-state index in [-0.39, 0.29) is 28.7 Å². The van der Waals surface area contributed by atoms with Gasteiger partial charge in [-0.25, -0.2) is 14.5 Å². The molecule has 0 saturated heterocycles. The van der Waals surface area contributed by atoms with Gasteiger partial charge in [-0.3, -0.25) is 14.9 Å². The summed E-state index contributed by atoms with van der Waals surface area (Å²) in [4.78, 5) is 40.6. The van der Waals surface area contributed by atoms with Crippen LogP contribution in [0.1, 0.15) is 30.2 Å². The number of amides is 1. The zero-order valence-corrected chi connectivity index (χ0v) is 19.0. The number of furan rings is 1. The summed E-state index contributed by atoms with van der Waals surface area (Å²) in [5.41, 5.74) is 0.594. The lowest BCUT2D eigenvalue weighted by Crippen LogP contribution is -2.21. The zero-order chi connectivity index (χ0) is 25.1. The third kappa shape index (κ3) is 4.81. The van der Waals surface area contributed by atoms with E-state index in [2.05, 4.69) is 15.4 Å².